The maximum Gasteiger partial charge on any atom is 0.326 e. The molecule has 4 fully saturated rings. The highest BCUT2D eigenvalue weighted by atomic mass is 32.2. The third-order valence-electron chi connectivity index (χ3n) is 8.14. The maximum absolute atomic E-state index is 13.5. The van der Waals surface area contributed by atoms with Gasteiger partial charge in [-0.2, -0.15) is 0 Å². The van der Waals surface area contributed by atoms with E-state index in [1.807, 2.05) is 17.9 Å². The molecule has 1 aromatic heterocycles. The van der Waals surface area contributed by atoms with Crippen molar-refractivity contribution >= 4 is 29.4 Å². The number of aryl methyl sites for hydroxylation is 1. The van der Waals surface area contributed by atoms with E-state index in [4.69, 9.17) is 10.5 Å². The molecule has 9 nitrogen and oxygen atoms in total. The zero-order valence-electron chi connectivity index (χ0n) is 20.1. The number of carbonyl (C=O) groups is 2. The van der Waals surface area contributed by atoms with Gasteiger partial charge in [-0.1, -0.05) is 11.8 Å². The Morgan fingerprint density at radius 3 is 2.80 bits per heavy atom. The number of anilines is 1. The van der Waals surface area contributed by atoms with Crippen molar-refractivity contribution in [1.29, 1.82) is 0 Å². The SMILES string of the molecule is Cc1cc(OC2CCCC2)ncc1N1C(=O)NC2=C(C(=O)N[C@@H]3CCC[C@@H]3N)SC3NCCC1C23. The lowest BCUT2D eigenvalue weighted by Gasteiger charge is -2.46. The lowest BCUT2D eigenvalue weighted by molar-refractivity contribution is -0.117. The first kappa shape index (κ1) is 23.1. The second-order valence-electron chi connectivity index (χ2n) is 10.4. The van der Waals surface area contributed by atoms with Crippen molar-refractivity contribution < 1.29 is 14.3 Å². The Morgan fingerprint density at radius 2 is 2.06 bits per heavy atom. The number of ether oxygens (including phenoxy) is 1. The summed E-state index contributed by atoms with van der Waals surface area (Å²) in [7, 11) is 0. The topological polar surface area (TPSA) is 122 Å². The zero-order valence-corrected chi connectivity index (χ0v) is 20.9. The van der Waals surface area contributed by atoms with Crippen LogP contribution < -0.4 is 31.3 Å². The van der Waals surface area contributed by atoms with Crippen LogP contribution in [0.5, 0.6) is 5.88 Å². The second-order valence-corrected chi connectivity index (χ2v) is 11.6. The first-order valence-electron chi connectivity index (χ1n) is 12.9. The number of piperidine rings is 1. The standard InChI is InChI=1S/C25H34N6O3S/c1-13-11-19(34-14-5-2-3-6-14)28-12-18(13)31-17-9-10-27-24-20(17)21(30-25(31)33)22(35-24)23(32)29-16-8-4-7-15(16)26/h11-12,14-17,20,24,27H,2-10,26H2,1H3,(H,29,32)(H,30,33)/t15-,16+,17?,20?,24?/m0/s1. The number of nitrogens with one attached hydrogen (secondary N) is 3. The van der Waals surface area contributed by atoms with Crippen molar-refractivity contribution in [1.82, 2.24) is 20.9 Å². The van der Waals surface area contributed by atoms with Crippen molar-refractivity contribution in [3.05, 3.63) is 28.4 Å². The number of urea groups is 1. The van der Waals surface area contributed by atoms with Gasteiger partial charge in [-0.05, 0) is 70.4 Å². The first-order chi connectivity index (χ1) is 17.0. The number of carbonyl (C=O) groups excluding carboxylic acids is 2. The molecule has 0 radical (unpaired) electrons. The van der Waals surface area contributed by atoms with Crippen molar-refractivity contribution in [3.8, 4) is 5.88 Å². The number of nitrogens with two attached hydrogens (primary N) is 1. The van der Waals surface area contributed by atoms with E-state index in [1.165, 1.54) is 24.6 Å². The molecule has 35 heavy (non-hydrogen) atoms. The molecule has 4 heterocycles. The Bertz CT molecular complexity index is 1060. The van der Waals surface area contributed by atoms with E-state index in [2.05, 4.69) is 20.9 Å². The summed E-state index contributed by atoms with van der Waals surface area (Å²) in [5.74, 6) is 0.514. The summed E-state index contributed by atoms with van der Waals surface area (Å²) in [6.45, 7) is 2.79. The Balaban J connectivity index is 1.25. The quantitative estimate of drug-likeness (QED) is 0.492. The van der Waals surface area contributed by atoms with E-state index in [-0.39, 0.29) is 47.5 Å². The molecule has 0 aromatic carbocycles. The van der Waals surface area contributed by atoms with Gasteiger partial charge >= 0.3 is 6.03 Å². The number of pyridine rings is 1. The Hall–Kier alpha value is -2.30. The molecule has 5 N–H and O–H groups in total. The van der Waals surface area contributed by atoms with Gasteiger partial charge in [-0.15, -0.1) is 0 Å². The van der Waals surface area contributed by atoms with Crippen LogP contribution in [0.2, 0.25) is 0 Å². The van der Waals surface area contributed by atoms with Gasteiger partial charge in [0.05, 0.1) is 28.2 Å². The molecule has 1 aromatic rings. The average Bonchev–Trinajstić information content (AvgIpc) is 3.57. The van der Waals surface area contributed by atoms with Crippen LogP contribution in [0.1, 0.15) is 56.9 Å². The summed E-state index contributed by atoms with van der Waals surface area (Å²) >= 11 is 1.53. The predicted molar refractivity (Wildman–Crippen MR) is 135 cm³/mol. The molecule has 2 saturated heterocycles. The Morgan fingerprint density at radius 1 is 1.23 bits per heavy atom. The second kappa shape index (κ2) is 9.29. The van der Waals surface area contributed by atoms with Crippen LogP contribution in [-0.2, 0) is 4.79 Å². The Labute approximate surface area is 210 Å². The molecule has 3 aliphatic heterocycles. The van der Waals surface area contributed by atoms with Gasteiger partial charge in [0.1, 0.15) is 6.10 Å². The van der Waals surface area contributed by atoms with Crippen molar-refractivity contribution in [2.24, 2.45) is 11.7 Å². The molecular formula is C25H34N6O3S. The molecule has 2 aliphatic carbocycles. The third kappa shape index (κ3) is 4.19. The van der Waals surface area contributed by atoms with Crippen molar-refractivity contribution in [2.75, 3.05) is 11.4 Å². The van der Waals surface area contributed by atoms with Crippen LogP contribution in [0.3, 0.4) is 0 Å². The number of aromatic nitrogens is 1. The lowest BCUT2D eigenvalue weighted by Crippen LogP contribution is -2.62. The molecule has 3 amide bonds. The van der Waals surface area contributed by atoms with E-state index in [9.17, 15) is 9.59 Å². The van der Waals surface area contributed by atoms with Crippen LogP contribution in [0.15, 0.2) is 22.9 Å². The zero-order chi connectivity index (χ0) is 24.1. The van der Waals surface area contributed by atoms with Crippen LogP contribution in [0, 0.1) is 12.8 Å². The molecule has 0 bridgehead atoms. The van der Waals surface area contributed by atoms with E-state index in [0.717, 1.165) is 62.0 Å². The summed E-state index contributed by atoms with van der Waals surface area (Å²) in [5.41, 5.74) is 8.68. The van der Waals surface area contributed by atoms with Gasteiger partial charge in [0.2, 0.25) is 5.88 Å². The molecule has 2 saturated carbocycles. The molecular weight excluding hydrogens is 464 g/mol. The number of nitrogens with zero attached hydrogens (tertiary/aromatic N) is 2. The van der Waals surface area contributed by atoms with Crippen LogP contribution >= 0.6 is 11.8 Å². The van der Waals surface area contributed by atoms with Gasteiger partial charge < -0.3 is 26.4 Å². The number of hydrogen-bond acceptors (Lipinski definition) is 7. The van der Waals surface area contributed by atoms with Gasteiger partial charge in [0.15, 0.2) is 0 Å². The monoisotopic (exact) mass is 498 g/mol. The molecule has 188 valence electrons. The number of hydrogen-bond donors (Lipinski definition) is 4. The van der Waals surface area contributed by atoms with Gasteiger partial charge in [0, 0.05) is 29.8 Å². The molecule has 3 unspecified atom stereocenters. The Kier molecular flexibility index (Phi) is 6.14. The van der Waals surface area contributed by atoms with Crippen LogP contribution in [0.4, 0.5) is 10.5 Å². The fourth-order valence-electron chi connectivity index (χ4n) is 6.32. The van der Waals surface area contributed by atoms with E-state index in [0.29, 0.717) is 10.8 Å². The van der Waals surface area contributed by atoms with Gasteiger partial charge in [-0.25, -0.2) is 9.78 Å². The molecule has 0 spiro atoms. The summed E-state index contributed by atoms with van der Waals surface area (Å²) in [6.07, 6.45) is 10.2. The predicted octanol–water partition coefficient (Wildman–Crippen LogP) is 2.50. The number of rotatable bonds is 5. The van der Waals surface area contributed by atoms with E-state index in [1.54, 1.807) is 6.20 Å². The van der Waals surface area contributed by atoms with Crippen LogP contribution in [-0.4, -0.2) is 53.1 Å². The molecule has 5 aliphatic rings. The highest BCUT2D eigenvalue weighted by Gasteiger charge is 2.52. The average molecular weight is 499 g/mol. The van der Waals surface area contributed by atoms with Gasteiger partial charge in [0.25, 0.3) is 5.91 Å². The third-order valence-corrected chi connectivity index (χ3v) is 9.50. The molecule has 5 atom stereocenters. The number of amides is 3. The van der Waals surface area contributed by atoms with E-state index >= 15 is 0 Å². The lowest BCUT2D eigenvalue weighted by atomic mass is 9.86. The van der Waals surface area contributed by atoms with Crippen molar-refractivity contribution in [3.63, 3.8) is 0 Å². The first-order valence-corrected chi connectivity index (χ1v) is 13.8. The largest absolute Gasteiger partial charge is 0.474 e. The normalized spacial score (nSPS) is 32.6. The fraction of sp³-hybridized carbons (Fsp3) is 0.640. The number of thioether (sulfide) groups is 1. The summed E-state index contributed by atoms with van der Waals surface area (Å²) in [6, 6.07) is 1.69. The summed E-state index contributed by atoms with van der Waals surface area (Å²) < 4.78 is 6.07. The minimum atomic E-state index is -0.207. The smallest absolute Gasteiger partial charge is 0.326 e. The molecule has 10 heteroatoms. The highest BCUT2D eigenvalue weighted by Crippen LogP contribution is 2.48. The fourth-order valence-corrected chi connectivity index (χ4v) is 7.72. The maximum atomic E-state index is 13.5. The highest BCUT2D eigenvalue weighted by molar-refractivity contribution is 8.04. The minimum Gasteiger partial charge on any atom is -0.474 e. The van der Waals surface area contributed by atoms with Crippen molar-refractivity contribution in [2.45, 2.75) is 87.9 Å². The van der Waals surface area contributed by atoms with E-state index < -0.39 is 0 Å². The summed E-state index contributed by atoms with van der Waals surface area (Å²) in [4.78, 5) is 33.7. The minimum absolute atomic E-state index is 0.00272. The summed E-state index contributed by atoms with van der Waals surface area (Å²) in [5, 5.41) is 9.80. The van der Waals surface area contributed by atoms with Gasteiger partial charge in [-0.3, -0.25) is 9.69 Å². The molecule has 6 rings (SSSR count). The van der Waals surface area contributed by atoms with Crippen LogP contribution in [0.25, 0.3) is 0 Å².